The molecule has 0 bridgehead atoms. The van der Waals surface area contributed by atoms with Crippen LogP contribution in [0.1, 0.15) is 10.4 Å². The van der Waals surface area contributed by atoms with Crippen molar-refractivity contribution >= 4 is 54.9 Å². The molecule has 1 amide bonds. The third-order valence-corrected chi connectivity index (χ3v) is 6.01. The Hall–Kier alpha value is -3.22. The Kier molecular flexibility index (Phi) is 6.43. The minimum absolute atomic E-state index is 0.0370. The standard InChI is InChI=1S/C18H16ClN5O5S2/c1-30(26,27)23-13-5-8-16(19)15(11-13)17(25)22-12-3-6-14(7-4-12)31(28,29)24-18-20-9-2-10-21-18/h2-11,23H,1H3,(H,22,25)(H,20,21,24). The zero-order valence-electron chi connectivity index (χ0n) is 15.9. The van der Waals surface area contributed by atoms with Gasteiger partial charge in [-0.05, 0) is 48.5 Å². The number of carbonyl (C=O) groups is 1. The average Bonchev–Trinajstić information content (AvgIpc) is 2.69. The Bertz CT molecular complexity index is 1320. The smallest absolute Gasteiger partial charge is 0.264 e. The van der Waals surface area contributed by atoms with Crippen molar-refractivity contribution in [3.63, 3.8) is 0 Å². The molecule has 13 heteroatoms. The molecule has 2 aromatic carbocycles. The molecular weight excluding hydrogens is 466 g/mol. The molecule has 0 aliphatic carbocycles. The molecule has 31 heavy (non-hydrogen) atoms. The number of halogens is 1. The van der Waals surface area contributed by atoms with E-state index in [0.717, 1.165) is 6.26 Å². The minimum Gasteiger partial charge on any atom is -0.322 e. The van der Waals surface area contributed by atoms with Gasteiger partial charge in [0, 0.05) is 23.8 Å². The Balaban J connectivity index is 1.75. The monoisotopic (exact) mass is 481 g/mol. The summed E-state index contributed by atoms with van der Waals surface area (Å²) in [5.74, 6) is -0.675. The molecule has 162 valence electrons. The Morgan fingerprint density at radius 1 is 0.903 bits per heavy atom. The summed E-state index contributed by atoms with van der Waals surface area (Å²) < 4.78 is 52.1. The van der Waals surface area contributed by atoms with Gasteiger partial charge in [0.15, 0.2) is 0 Å². The largest absolute Gasteiger partial charge is 0.322 e. The van der Waals surface area contributed by atoms with Gasteiger partial charge in [-0.3, -0.25) is 9.52 Å². The SMILES string of the molecule is CS(=O)(=O)Nc1ccc(Cl)c(C(=O)Nc2ccc(S(=O)(=O)Nc3ncccn3)cc2)c1. The molecule has 0 spiro atoms. The van der Waals surface area contributed by atoms with E-state index >= 15 is 0 Å². The van der Waals surface area contributed by atoms with Gasteiger partial charge in [-0.15, -0.1) is 0 Å². The molecular formula is C18H16ClN5O5S2. The van der Waals surface area contributed by atoms with E-state index in [-0.39, 0.29) is 27.1 Å². The highest BCUT2D eigenvalue weighted by molar-refractivity contribution is 7.92. The highest BCUT2D eigenvalue weighted by Crippen LogP contribution is 2.23. The maximum Gasteiger partial charge on any atom is 0.264 e. The van der Waals surface area contributed by atoms with Crippen molar-refractivity contribution in [1.82, 2.24) is 9.97 Å². The van der Waals surface area contributed by atoms with Crippen molar-refractivity contribution < 1.29 is 21.6 Å². The van der Waals surface area contributed by atoms with E-state index in [9.17, 15) is 21.6 Å². The lowest BCUT2D eigenvalue weighted by Gasteiger charge is -2.11. The number of nitrogens with one attached hydrogen (secondary N) is 3. The van der Waals surface area contributed by atoms with E-state index in [0.29, 0.717) is 5.69 Å². The highest BCUT2D eigenvalue weighted by Gasteiger charge is 2.17. The topological polar surface area (TPSA) is 147 Å². The van der Waals surface area contributed by atoms with Crippen molar-refractivity contribution in [3.8, 4) is 0 Å². The van der Waals surface area contributed by atoms with Gasteiger partial charge in [0.1, 0.15) is 0 Å². The van der Waals surface area contributed by atoms with E-state index in [4.69, 9.17) is 11.6 Å². The molecule has 1 aromatic heterocycles. The molecule has 0 unspecified atom stereocenters. The van der Waals surface area contributed by atoms with E-state index in [1.54, 1.807) is 6.07 Å². The third-order valence-electron chi connectivity index (χ3n) is 3.73. The number of rotatable bonds is 7. The Labute approximate surface area is 183 Å². The van der Waals surface area contributed by atoms with Crippen molar-refractivity contribution in [2.45, 2.75) is 4.90 Å². The maximum absolute atomic E-state index is 12.6. The zero-order chi connectivity index (χ0) is 22.6. The molecule has 10 nitrogen and oxygen atoms in total. The first-order valence-electron chi connectivity index (χ1n) is 8.52. The molecule has 1 heterocycles. The van der Waals surface area contributed by atoms with Crippen LogP contribution in [0.3, 0.4) is 0 Å². The predicted octanol–water partition coefficient (Wildman–Crippen LogP) is 2.55. The number of benzene rings is 2. The normalized spacial score (nSPS) is 11.5. The first-order chi connectivity index (χ1) is 14.5. The fraction of sp³-hybridized carbons (Fsp3) is 0.0556. The number of aromatic nitrogens is 2. The molecule has 3 rings (SSSR count). The molecule has 3 N–H and O–H groups in total. The summed E-state index contributed by atoms with van der Waals surface area (Å²) in [6, 6.07) is 11.0. The van der Waals surface area contributed by atoms with Crippen molar-refractivity contribution in [2.24, 2.45) is 0 Å². The van der Waals surface area contributed by atoms with Gasteiger partial charge in [-0.1, -0.05) is 11.6 Å². The van der Waals surface area contributed by atoms with Crippen LogP contribution in [0.25, 0.3) is 0 Å². The van der Waals surface area contributed by atoms with E-state index in [2.05, 4.69) is 24.7 Å². The lowest BCUT2D eigenvalue weighted by Crippen LogP contribution is -2.16. The number of sulfonamides is 2. The fourth-order valence-electron chi connectivity index (χ4n) is 2.42. The Morgan fingerprint density at radius 2 is 1.52 bits per heavy atom. The second-order valence-corrected chi connectivity index (χ2v) is 10.1. The minimum atomic E-state index is -3.91. The molecule has 0 saturated heterocycles. The van der Waals surface area contributed by atoms with Crippen LogP contribution in [0.4, 0.5) is 17.3 Å². The van der Waals surface area contributed by atoms with Crippen LogP contribution < -0.4 is 14.8 Å². The second kappa shape index (κ2) is 8.88. The number of hydrogen-bond acceptors (Lipinski definition) is 7. The van der Waals surface area contributed by atoms with Crippen LogP contribution in [0.5, 0.6) is 0 Å². The van der Waals surface area contributed by atoms with Crippen molar-refractivity contribution in [3.05, 3.63) is 71.5 Å². The predicted molar refractivity (Wildman–Crippen MR) is 117 cm³/mol. The molecule has 0 aliphatic heterocycles. The lowest BCUT2D eigenvalue weighted by atomic mass is 10.2. The molecule has 3 aromatic rings. The summed E-state index contributed by atoms with van der Waals surface area (Å²) in [6.45, 7) is 0. The van der Waals surface area contributed by atoms with Crippen LogP contribution in [-0.2, 0) is 20.0 Å². The summed E-state index contributed by atoms with van der Waals surface area (Å²) in [7, 11) is -7.44. The lowest BCUT2D eigenvalue weighted by molar-refractivity contribution is 0.102. The summed E-state index contributed by atoms with van der Waals surface area (Å²) in [6.07, 6.45) is 3.78. The summed E-state index contributed by atoms with van der Waals surface area (Å²) >= 11 is 6.05. The molecule has 0 saturated carbocycles. The second-order valence-electron chi connectivity index (χ2n) is 6.23. The fourth-order valence-corrected chi connectivity index (χ4v) is 4.14. The number of hydrogen-bond donors (Lipinski definition) is 3. The van der Waals surface area contributed by atoms with Gasteiger partial charge < -0.3 is 5.32 Å². The van der Waals surface area contributed by atoms with Crippen LogP contribution >= 0.6 is 11.6 Å². The van der Waals surface area contributed by atoms with Gasteiger partial charge in [-0.25, -0.2) is 31.5 Å². The average molecular weight is 482 g/mol. The van der Waals surface area contributed by atoms with Crippen molar-refractivity contribution in [2.75, 3.05) is 21.0 Å². The van der Waals surface area contributed by atoms with E-state index in [1.807, 2.05) is 0 Å². The first kappa shape index (κ1) is 22.5. The number of amides is 1. The third kappa shape index (κ3) is 6.13. The van der Waals surface area contributed by atoms with Crippen molar-refractivity contribution in [1.29, 1.82) is 0 Å². The number of nitrogens with zero attached hydrogens (tertiary/aromatic N) is 2. The van der Waals surface area contributed by atoms with Gasteiger partial charge in [0.05, 0.1) is 21.7 Å². The molecule has 0 atom stereocenters. The Morgan fingerprint density at radius 3 is 2.13 bits per heavy atom. The molecule has 0 aliphatic rings. The maximum atomic E-state index is 12.6. The first-order valence-corrected chi connectivity index (χ1v) is 12.3. The molecule has 0 fully saturated rings. The van der Waals surface area contributed by atoms with Crippen LogP contribution in [0.15, 0.2) is 65.8 Å². The summed E-state index contributed by atoms with van der Waals surface area (Å²) in [5, 5.41) is 2.69. The van der Waals surface area contributed by atoms with Gasteiger partial charge in [0.25, 0.3) is 15.9 Å². The van der Waals surface area contributed by atoms with E-state index < -0.39 is 26.0 Å². The van der Waals surface area contributed by atoms with Gasteiger partial charge >= 0.3 is 0 Å². The quantitative estimate of drug-likeness (QED) is 0.469. The molecule has 0 radical (unpaired) electrons. The van der Waals surface area contributed by atoms with Gasteiger partial charge in [-0.2, -0.15) is 0 Å². The van der Waals surface area contributed by atoms with E-state index in [1.165, 1.54) is 54.9 Å². The van der Waals surface area contributed by atoms with Crippen LogP contribution in [-0.4, -0.2) is 39.0 Å². The summed E-state index contributed by atoms with van der Waals surface area (Å²) in [4.78, 5) is 20.1. The number of carbonyl (C=O) groups excluding carboxylic acids is 1. The summed E-state index contributed by atoms with van der Waals surface area (Å²) in [5.41, 5.74) is 0.514. The van der Waals surface area contributed by atoms with Gasteiger partial charge in [0.2, 0.25) is 16.0 Å². The van der Waals surface area contributed by atoms with Crippen LogP contribution in [0, 0.1) is 0 Å². The highest BCUT2D eigenvalue weighted by atomic mass is 35.5. The zero-order valence-corrected chi connectivity index (χ0v) is 18.3. The number of anilines is 3. The van der Waals surface area contributed by atoms with Crippen LogP contribution in [0.2, 0.25) is 5.02 Å².